The van der Waals surface area contributed by atoms with Crippen LogP contribution in [-0.2, 0) is 5.41 Å². The molecule has 0 amide bonds. The van der Waals surface area contributed by atoms with Crippen LogP contribution < -0.4 is 5.19 Å². The van der Waals surface area contributed by atoms with E-state index in [1.165, 1.54) is 0 Å². The van der Waals surface area contributed by atoms with E-state index in [9.17, 15) is 5.11 Å². The molecule has 0 aliphatic heterocycles. The summed E-state index contributed by atoms with van der Waals surface area (Å²) in [5.74, 6) is 0.516. The largest absolute Gasteiger partial charge is 0.508 e. The maximum atomic E-state index is 10.8. The van der Waals surface area contributed by atoms with E-state index in [-0.39, 0.29) is 5.41 Å². The zero-order valence-corrected chi connectivity index (χ0v) is 16.6. The highest BCUT2D eigenvalue weighted by Crippen LogP contribution is 2.31. The van der Waals surface area contributed by atoms with Crippen LogP contribution in [0.4, 0.5) is 0 Å². The molecule has 0 saturated heterocycles. The fourth-order valence-corrected chi connectivity index (χ4v) is 11.3. The third-order valence-electron chi connectivity index (χ3n) is 4.35. The SMILES string of the molecule is CN([Si](C)(C)C)[Si](C)(C)c1cccc(C(C)(C)C)c1O. The Labute approximate surface area is 127 Å². The van der Waals surface area contributed by atoms with Crippen molar-refractivity contribution in [2.45, 2.75) is 58.9 Å². The van der Waals surface area contributed by atoms with E-state index in [1.807, 2.05) is 0 Å². The van der Waals surface area contributed by atoms with Crippen molar-refractivity contribution in [2.24, 2.45) is 0 Å². The average Bonchev–Trinajstić information content (AvgIpc) is 2.25. The first kappa shape index (κ1) is 17.5. The van der Waals surface area contributed by atoms with Gasteiger partial charge in [-0.3, -0.25) is 0 Å². The van der Waals surface area contributed by atoms with Gasteiger partial charge < -0.3 is 9.34 Å². The van der Waals surface area contributed by atoms with E-state index >= 15 is 0 Å². The van der Waals surface area contributed by atoms with Gasteiger partial charge in [0.25, 0.3) is 0 Å². The Morgan fingerprint density at radius 2 is 1.50 bits per heavy atom. The second-order valence-corrected chi connectivity index (χ2v) is 18.0. The summed E-state index contributed by atoms with van der Waals surface area (Å²) in [6.45, 7) is 18.2. The lowest BCUT2D eigenvalue weighted by atomic mass is 9.86. The molecule has 0 heterocycles. The molecule has 1 N–H and O–H groups in total. The first-order valence-electron chi connectivity index (χ1n) is 7.36. The van der Waals surface area contributed by atoms with Crippen LogP contribution in [-0.4, -0.2) is 32.9 Å². The lowest BCUT2D eigenvalue weighted by Crippen LogP contribution is -2.64. The Kier molecular flexibility index (Phi) is 4.64. The molecule has 1 rings (SSSR count). The summed E-state index contributed by atoms with van der Waals surface area (Å²) in [5.41, 5.74) is 1.03. The van der Waals surface area contributed by atoms with Gasteiger partial charge in [0.1, 0.15) is 14.0 Å². The molecule has 0 aliphatic carbocycles. The number of aromatic hydroxyl groups is 1. The molecule has 0 radical (unpaired) electrons. The smallest absolute Gasteiger partial charge is 0.152 e. The van der Waals surface area contributed by atoms with Crippen LogP contribution in [0.15, 0.2) is 18.2 Å². The van der Waals surface area contributed by atoms with Crippen LogP contribution in [0.25, 0.3) is 0 Å². The minimum absolute atomic E-state index is 0.0255. The van der Waals surface area contributed by atoms with Crippen molar-refractivity contribution in [3.05, 3.63) is 23.8 Å². The molecule has 0 atom stereocenters. The Bertz CT molecular complexity index is 484. The van der Waals surface area contributed by atoms with Crippen molar-refractivity contribution in [2.75, 3.05) is 7.05 Å². The second kappa shape index (κ2) is 5.31. The number of nitrogens with zero attached hydrogens (tertiary/aromatic N) is 1. The molecule has 2 nitrogen and oxygen atoms in total. The minimum Gasteiger partial charge on any atom is -0.508 e. The van der Waals surface area contributed by atoms with E-state index in [2.05, 4.69) is 83.0 Å². The first-order chi connectivity index (χ1) is 8.79. The van der Waals surface area contributed by atoms with Gasteiger partial charge in [-0.05, 0) is 23.2 Å². The lowest BCUT2D eigenvalue weighted by Gasteiger charge is -2.43. The van der Waals surface area contributed by atoms with Gasteiger partial charge in [0.05, 0.1) is 0 Å². The van der Waals surface area contributed by atoms with E-state index in [0.717, 1.165) is 10.8 Å². The molecule has 0 saturated carbocycles. The minimum atomic E-state index is -1.83. The van der Waals surface area contributed by atoms with E-state index in [4.69, 9.17) is 0 Å². The van der Waals surface area contributed by atoms with Gasteiger partial charge in [0.15, 0.2) is 8.24 Å². The van der Waals surface area contributed by atoms with Gasteiger partial charge in [0.2, 0.25) is 0 Å². The Morgan fingerprint density at radius 1 is 1.00 bits per heavy atom. The van der Waals surface area contributed by atoms with Crippen molar-refractivity contribution in [3.8, 4) is 5.75 Å². The predicted octanol–water partition coefficient (Wildman–Crippen LogP) is 3.87. The summed E-state index contributed by atoms with van der Waals surface area (Å²) < 4.78 is 2.58. The molecular weight excluding hydrogens is 278 g/mol. The Morgan fingerprint density at radius 3 is 1.90 bits per heavy atom. The number of benzene rings is 1. The standard InChI is InChI=1S/C16H31NOSi2/c1-16(2,3)13-11-10-12-14(15(13)18)20(8,9)17(4)19(5,6)7/h10-12,18H,1-9H3. The topological polar surface area (TPSA) is 23.5 Å². The molecule has 0 unspecified atom stereocenters. The van der Waals surface area contributed by atoms with Crippen LogP contribution in [0, 0.1) is 0 Å². The molecule has 0 bridgehead atoms. The van der Waals surface area contributed by atoms with Gasteiger partial charge in [-0.2, -0.15) is 0 Å². The van der Waals surface area contributed by atoms with Gasteiger partial charge >= 0.3 is 0 Å². The summed E-state index contributed by atoms with van der Waals surface area (Å²) in [4.78, 5) is 0. The third-order valence-corrected chi connectivity index (χ3v) is 13.4. The van der Waals surface area contributed by atoms with Crippen LogP contribution in [0.1, 0.15) is 26.3 Å². The Balaban J connectivity index is 3.41. The lowest BCUT2D eigenvalue weighted by molar-refractivity contribution is 0.450. The quantitative estimate of drug-likeness (QED) is 0.857. The summed E-state index contributed by atoms with van der Waals surface area (Å²) >= 11 is 0. The Hall–Kier alpha value is -0.586. The van der Waals surface area contributed by atoms with Gasteiger partial charge in [0, 0.05) is 0 Å². The number of rotatable bonds is 3. The first-order valence-corrected chi connectivity index (χ1v) is 13.8. The van der Waals surface area contributed by atoms with Crippen molar-refractivity contribution >= 4 is 21.7 Å². The van der Waals surface area contributed by atoms with Crippen LogP contribution >= 0.6 is 0 Å². The molecular formula is C16H31NOSi2. The summed E-state index contributed by atoms with van der Waals surface area (Å²) in [7, 11) is -0.971. The molecule has 0 aromatic heterocycles. The second-order valence-electron chi connectivity index (χ2n) is 8.24. The molecule has 0 fully saturated rings. The molecule has 1 aromatic carbocycles. The number of para-hydroxylation sites is 1. The third kappa shape index (κ3) is 3.35. The fourth-order valence-electron chi connectivity index (χ4n) is 2.66. The molecule has 20 heavy (non-hydrogen) atoms. The van der Waals surface area contributed by atoms with E-state index in [1.54, 1.807) is 0 Å². The molecule has 1 aromatic rings. The number of hydrogen-bond donors (Lipinski definition) is 1. The summed E-state index contributed by atoms with van der Waals surface area (Å²) in [6, 6.07) is 6.27. The fraction of sp³-hybridized carbons (Fsp3) is 0.625. The maximum absolute atomic E-state index is 10.8. The van der Waals surface area contributed by atoms with E-state index in [0.29, 0.717) is 5.75 Å². The maximum Gasteiger partial charge on any atom is 0.152 e. The van der Waals surface area contributed by atoms with Crippen LogP contribution in [0.5, 0.6) is 5.75 Å². The van der Waals surface area contributed by atoms with Crippen LogP contribution in [0.3, 0.4) is 0 Å². The molecule has 4 heteroatoms. The molecule has 114 valence electrons. The number of phenolic OH excluding ortho intramolecular Hbond substituents is 1. The van der Waals surface area contributed by atoms with E-state index < -0.39 is 16.5 Å². The van der Waals surface area contributed by atoms with Crippen molar-refractivity contribution in [1.82, 2.24) is 4.23 Å². The summed E-state index contributed by atoms with van der Waals surface area (Å²) in [6.07, 6.45) is 0. The van der Waals surface area contributed by atoms with Crippen LogP contribution in [0.2, 0.25) is 32.7 Å². The van der Waals surface area contributed by atoms with Crippen molar-refractivity contribution in [3.63, 3.8) is 0 Å². The number of hydrogen-bond acceptors (Lipinski definition) is 2. The average molecular weight is 310 g/mol. The number of phenols is 1. The van der Waals surface area contributed by atoms with Crippen molar-refractivity contribution in [1.29, 1.82) is 0 Å². The molecule has 0 spiro atoms. The zero-order chi connectivity index (χ0) is 15.9. The normalized spacial score (nSPS) is 13.9. The monoisotopic (exact) mass is 309 g/mol. The zero-order valence-electron chi connectivity index (χ0n) is 14.6. The highest BCUT2D eigenvalue weighted by atomic mass is 28.4. The van der Waals surface area contributed by atoms with Gasteiger partial charge in [-0.1, -0.05) is 71.7 Å². The molecule has 0 aliphatic rings. The van der Waals surface area contributed by atoms with Crippen molar-refractivity contribution < 1.29 is 5.11 Å². The summed E-state index contributed by atoms with van der Waals surface area (Å²) in [5, 5.41) is 12.0. The van der Waals surface area contributed by atoms with Gasteiger partial charge in [-0.25, -0.2) is 0 Å². The highest BCUT2D eigenvalue weighted by Gasteiger charge is 2.39. The highest BCUT2D eigenvalue weighted by molar-refractivity contribution is 6.97. The predicted molar refractivity (Wildman–Crippen MR) is 95.0 cm³/mol. The van der Waals surface area contributed by atoms with Gasteiger partial charge in [-0.15, -0.1) is 0 Å².